The van der Waals surface area contributed by atoms with Crippen molar-refractivity contribution in [2.45, 2.75) is 19.9 Å². The summed E-state index contributed by atoms with van der Waals surface area (Å²) in [4.78, 5) is 38.0. The molecule has 3 aromatic rings. The lowest BCUT2D eigenvalue weighted by Crippen LogP contribution is -2.36. The predicted octanol–water partition coefficient (Wildman–Crippen LogP) is 3.27. The van der Waals surface area contributed by atoms with Gasteiger partial charge in [-0.25, -0.2) is 0 Å². The Morgan fingerprint density at radius 1 is 0.871 bits per heavy atom. The molecule has 0 unspecified atom stereocenters. The molecular weight excluding hydrogens is 414 g/mol. The fourth-order valence-corrected chi connectivity index (χ4v) is 3.29. The van der Waals surface area contributed by atoms with E-state index in [-0.39, 0.29) is 11.1 Å². The smallest absolute Gasteiger partial charge is 0.256 e. The van der Waals surface area contributed by atoms with Gasteiger partial charge in [-0.3, -0.25) is 14.4 Å². The van der Waals surface area contributed by atoms with E-state index in [9.17, 15) is 14.4 Å². The molecule has 0 atom stereocenters. The number of carbonyl (C=O) groups excluding carboxylic acids is 2. The van der Waals surface area contributed by atoms with Crippen molar-refractivity contribution in [2.24, 2.45) is 0 Å². The molecule has 0 aliphatic carbocycles. The summed E-state index contributed by atoms with van der Waals surface area (Å²) < 4.78 is 1.69. The Labute approximate surface area is 185 Å². The topological polar surface area (TPSA) is 80.2 Å². The van der Waals surface area contributed by atoms with Crippen LogP contribution in [0, 0.1) is 0 Å². The Morgan fingerprint density at radius 2 is 1.48 bits per heavy atom. The fraction of sp³-hybridized carbons (Fsp3) is 0.208. The zero-order valence-electron chi connectivity index (χ0n) is 17.2. The van der Waals surface area contributed by atoms with Gasteiger partial charge in [-0.1, -0.05) is 54.1 Å². The SMILES string of the molecule is CCNC(=O)c1cn(Cc2ccccc2)cc(C(=O)NCCc2ccc(Cl)cc2)c1=O. The molecule has 7 heteroatoms. The van der Waals surface area contributed by atoms with E-state index in [4.69, 9.17) is 11.6 Å². The largest absolute Gasteiger partial charge is 0.352 e. The standard InChI is InChI=1S/C24H24ClN3O3/c1-2-26-23(30)20-15-28(14-18-6-4-3-5-7-18)16-21(22(20)29)24(31)27-13-12-17-8-10-19(25)11-9-17/h3-11,15-16H,2,12-14H2,1H3,(H,26,30)(H,27,31). The average molecular weight is 438 g/mol. The number of benzene rings is 2. The number of amides is 2. The highest BCUT2D eigenvalue weighted by Crippen LogP contribution is 2.10. The summed E-state index contributed by atoms with van der Waals surface area (Å²) >= 11 is 5.89. The van der Waals surface area contributed by atoms with Gasteiger partial charge in [0.25, 0.3) is 11.8 Å². The summed E-state index contributed by atoms with van der Waals surface area (Å²) in [5.74, 6) is -1.00. The molecule has 3 rings (SSSR count). The molecule has 0 aliphatic heterocycles. The van der Waals surface area contributed by atoms with Crippen LogP contribution in [-0.2, 0) is 13.0 Å². The van der Waals surface area contributed by atoms with E-state index in [1.54, 1.807) is 23.6 Å². The highest BCUT2D eigenvalue weighted by molar-refractivity contribution is 6.30. The van der Waals surface area contributed by atoms with E-state index in [2.05, 4.69) is 10.6 Å². The second kappa shape index (κ2) is 10.6. The van der Waals surface area contributed by atoms with Crippen molar-refractivity contribution in [3.05, 3.63) is 104 Å². The van der Waals surface area contributed by atoms with E-state index in [1.807, 2.05) is 42.5 Å². The number of pyridine rings is 1. The Hall–Kier alpha value is -3.38. The summed E-state index contributed by atoms with van der Waals surface area (Å²) in [5, 5.41) is 6.06. The van der Waals surface area contributed by atoms with Crippen molar-refractivity contribution in [3.63, 3.8) is 0 Å². The van der Waals surface area contributed by atoms with Crippen LogP contribution in [0.1, 0.15) is 38.8 Å². The van der Waals surface area contributed by atoms with Gasteiger partial charge >= 0.3 is 0 Å². The van der Waals surface area contributed by atoms with E-state index in [0.717, 1.165) is 11.1 Å². The van der Waals surface area contributed by atoms with Gasteiger partial charge < -0.3 is 15.2 Å². The molecule has 2 amide bonds. The fourth-order valence-electron chi connectivity index (χ4n) is 3.16. The Balaban J connectivity index is 1.82. The normalized spacial score (nSPS) is 10.5. The van der Waals surface area contributed by atoms with Gasteiger partial charge in [0.15, 0.2) is 0 Å². The molecule has 31 heavy (non-hydrogen) atoms. The summed E-state index contributed by atoms with van der Waals surface area (Å²) in [5.41, 5.74) is 1.31. The number of carbonyl (C=O) groups is 2. The minimum atomic E-state index is -0.584. The highest BCUT2D eigenvalue weighted by atomic mass is 35.5. The summed E-state index contributed by atoms with van der Waals surface area (Å²) in [7, 11) is 0. The zero-order chi connectivity index (χ0) is 22.2. The highest BCUT2D eigenvalue weighted by Gasteiger charge is 2.19. The summed E-state index contributed by atoms with van der Waals surface area (Å²) in [6.07, 6.45) is 3.58. The molecule has 0 fully saturated rings. The molecule has 0 spiro atoms. The molecule has 0 aliphatic rings. The molecule has 160 valence electrons. The molecule has 2 N–H and O–H groups in total. The van der Waals surface area contributed by atoms with Crippen LogP contribution in [0.15, 0.2) is 71.8 Å². The van der Waals surface area contributed by atoms with Crippen molar-refractivity contribution < 1.29 is 9.59 Å². The summed E-state index contributed by atoms with van der Waals surface area (Å²) in [6, 6.07) is 17.0. The third kappa shape index (κ3) is 6.06. The quantitative estimate of drug-likeness (QED) is 0.567. The average Bonchev–Trinajstić information content (AvgIpc) is 2.77. The zero-order valence-corrected chi connectivity index (χ0v) is 18.0. The Bertz CT molecular complexity index is 1110. The van der Waals surface area contributed by atoms with Gasteiger partial charge in [0.2, 0.25) is 5.43 Å². The number of halogens is 1. The molecule has 0 radical (unpaired) electrons. The molecule has 1 heterocycles. The maximum Gasteiger partial charge on any atom is 0.256 e. The van der Waals surface area contributed by atoms with E-state index >= 15 is 0 Å². The summed E-state index contributed by atoms with van der Waals surface area (Å²) in [6.45, 7) is 2.94. The molecule has 6 nitrogen and oxygen atoms in total. The molecule has 0 saturated heterocycles. The van der Waals surface area contributed by atoms with Gasteiger partial charge in [0.05, 0.1) is 0 Å². The van der Waals surface area contributed by atoms with Gasteiger partial charge in [-0.2, -0.15) is 0 Å². The molecule has 0 bridgehead atoms. The monoisotopic (exact) mass is 437 g/mol. The maximum atomic E-state index is 12.9. The van der Waals surface area contributed by atoms with Crippen molar-refractivity contribution >= 4 is 23.4 Å². The van der Waals surface area contributed by atoms with Gasteiger partial charge in [0.1, 0.15) is 11.1 Å². The minimum Gasteiger partial charge on any atom is -0.352 e. The van der Waals surface area contributed by atoms with Crippen LogP contribution in [0.5, 0.6) is 0 Å². The van der Waals surface area contributed by atoms with Crippen molar-refractivity contribution in [1.82, 2.24) is 15.2 Å². The first-order valence-electron chi connectivity index (χ1n) is 10.1. The van der Waals surface area contributed by atoms with Crippen LogP contribution in [0.25, 0.3) is 0 Å². The van der Waals surface area contributed by atoms with Gasteiger partial charge in [-0.15, -0.1) is 0 Å². The van der Waals surface area contributed by atoms with E-state index < -0.39 is 17.2 Å². The van der Waals surface area contributed by atoms with Crippen LogP contribution in [0.4, 0.5) is 0 Å². The molecular formula is C24H24ClN3O3. The van der Waals surface area contributed by atoms with Crippen LogP contribution < -0.4 is 16.1 Å². The van der Waals surface area contributed by atoms with Crippen LogP contribution in [0.2, 0.25) is 5.02 Å². The second-order valence-corrected chi connectivity index (χ2v) is 7.50. The number of nitrogens with one attached hydrogen (secondary N) is 2. The lowest BCUT2D eigenvalue weighted by Gasteiger charge is -2.13. The predicted molar refractivity (Wildman–Crippen MR) is 122 cm³/mol. The second-order valence-electron chi connectivity index (χ2n) is 7.06. The van der Waals surface area contributed by atoms with Crippen LogP contribution >= 0.6 is 11.6 Å². The van der Waals surface area contributed by atoms with E-state index in [0.29, 0.717) is 31.1 Å². The number of hydrogen-bond donors (Lipinski definition) is 2. The van der Waals surface area contributed by atoms with Crippen molar-refractivity contribution in [2.75, 3.05) is 13.1 Å². The lowest BCUT2D eigenvalue weighted by molar-refractivity contribution is 0.0951. The van der Waals surface area contributed by atoms with Crippen molar-refractivity contribution in [1.29, 1.82) is 0 Å². The molecule has 2 aromatic carbocycles. The van der Waals surface area contributed by atoms with Gasteiger partial charge in [0, 0.05) is 37.1 Å². The van der Waals surface area contributed by atoms with Gasteiger partial charge in [-0.05, 0) is 36.6 Å². The number of hydrogen-bond acceptors (Lipinski definition) is 3. The first kappa shape index (κ1) is 22.3. The maximum absolute atomic E-state index is 12.9. The third-order valence-corrected chi connectivity index (χ3v) is 4.98. The van der Waals surface area contributed by atoms with E-state index in [1.165, 1.54) is 12.4 Å². The number of aromatic nitrogens is 1. The third-order valence-electron chi connectivity index (χ3n) is 4.73. The molecule has 1 aromatic heterocycles. The first-order chi connectivity index (χ1) is 15.0. The van der Waals surface area contributed by atoms with Crippen molar-refractivity contribution in [3.8, 4) is 0 Å². The van der Waals surface area contributed by atoms with Crippen LogP contribution in [-0.4, -0.2) is 29.5 Å². The number of rotatable bonds is 8. The molecule has 0 saturated carbocycles. The Morgan fingerprint density at radius 3 is 2.10 bits per heavy atom. The lowest BCUT2D eigenvalue weighted by atomic mass is 10.1. The first-order valence-corrected chi connectivity index (χ1v) is 10.4. The van der Waals surface area contributed by atoms with Crippen LogP contribution in [0.3, 0.4) is 0 Å². The number of nitrogens with zero attached hydrogens (tertiary/aromatic N) is 1. The minimum absolute atomic E-state index is 0.0527. The Kier molecular flexibility index (Phi) is 7.62.